The molecule has 0 aliphatic heterocycles. The largest absolute Gasteiger partial charge is 0.197 e. The summed E-state index contributed by atoms with van der Waals surface area (Å²) in [5.74, 6) is 0.800. The van der Waals surface area contributed by atoms with E-state index >= 15 is 0 Å². The molecule has 0 aromatic heterocycles. The predicted molar refractivity (Wildman–Crippen MR) is 57.8 cm³/mol. The SMILES string of the molecule is CC(C#N)SCc1ccccc1Cl. The van der Waals surface area contributed by atoms with E-state index < -0.39 is 0 Å². The lowest BCUT2D eigenvalue weighted by molar-refractivity contribution is 1.23. The normalized spacial score (nSPS) is 12.1. The van der Waals surface area contributed by atoms with Crippen LogP contribution >= 0.6 is 23.4 Å². The standard InChI is InChI=1S/C10H10ClNS/c1-8(6-12)13-7-9-4-2-3-5-10(9)11/h2-5,8H,7H2,1H3. The molecule has 0 aliphatic carbocycles. The maximum absolute atomic E-state index is 8.58. The third kappa shape index (κ3) is 3.30. The van der Waals surface area contributed by atoms with Crippen LogP contribution < -0.4 is 0 Å². The number of nitrogens with zero attached hydrogens (tertiary/aromatic N) is 1. The number of rotatable bonds is 3. The second kappa shape index (κ2) is 5.16. The highest BCUT2D eigenvalue weighted by atomic mass is 35.5. The molecule has 0 N–H and O–H groups in total. The number of hydrogen-bond donors (Lipinski definition) is 0. The van der Waals surface area contributed by atoms with E-state index in [0.717, 1.165) is 16.3 Å². The van der Waals surface area contributed by atoms with Crippen molar-refractivity contribution >= 4 is 23.4 Å². The molecule has 1 aromatic carbocycles. The smallest absolute Gasteiger partial charge is 0.0891 e. The van der Waals surface area contributed by atoms with Crippen molar-refractivity contribution in [2.75, 3.05) is 0 Å². The summed E-state index contributed by atoms with van der Waals surface area (Å²) in [6.07, 6.45) is 0. The molecule has 1 rings (SSSR count). The van der Waals surface area contributed by atoms with Crippen LogP contribution in [0.4, 0.5) is 0 Å². The third-order valence-electron chi connectivity index (χ3n) is 1.63. The third-order valence-corrected chi connectivity index (χ3v) is 3.08. The zero-order valence-electron chi connectivity index (χ0n) is 7.33. The molecule has 0 amide bonds. The van der Waals surface area contributed by atoms with Gasteiger partial charge in [-0.05, 0) is 18.6 Å². The first-order valence-corrected chi connectivity index (χ1v) is 5.41. The highest BCUT2D eigenvalue weighted by Crippen LogP contribution is 2.22. The van der Waals surface area contributed by atoms with Crippen molar-refractivity contribution < 1.29 is 0 Å². The Labute approximate surface area is 87.7 Å². The molecule has 1 nitrogen and oxygen atoms in total. The van der Waals surface area contributed by atoms with Crippen LogP contribution in [0.25, 0.3) is 0 Å². The van der Waals surface area contributed by atoms with Gasteiger partial charge in [0.05, 0.1) is 11.3 Å². The predicted octanol–water partition coefficient (Wildman–Crippen LogP) is 3.49. The van der Waals surface area contributed by atoms with Gasteiger partial charge in [-0.15, -0.1) is 11.8 Å². The fourth-order valence-corrected chi connectivity index (χ4v) is 1.91. The molecular weight excluding hydrogens is 202 g/mol. The van der Waals surface area contributed by atoms with Gasteiger partial charge in [-0.2, -0.15) is 5.26 Å². The molecule has 1 atom stereocenters. The zero-order chi connectivity index (χ0) is 9.68. The summed E-state index contributed by atoms with van der Waals surface area (Å²) in [4.78, 5) is 0. The van der Waals surface area contributed by atoms with Crippen molar-refractivity contribution in [3.63, 3.8) is 0 Å². The topological polar surface area (TPSA) is 23.8 Å². The summed E-state index contributed by atoms with van der Waals surface area (Å²) in [5, 5.41) is 9.38. The van der Waals surface area contributed by atoms with E-state index in [9.17, 15) is 0 Å². The summed E-state index contributed by atoms with van der Waals surface area (Å²) in [6.45, 7) is 1.89. The summed E-state index contributed by atoms with van der Waals surface area (Å²) in [6, 6.07) is 9.89. The van der Waals surface area contributed by atoms with Crippen molar-refractivity contribution in [3.8, 4) is 6.07 Å². The van der Waals surface area contributed by atoms with Crippen LogP contribution in [0.2, 0.25) is 5.02 Å². The Hall–Kier alpha value is -0.650. The Bertz CT molecular complexity index is 319. The van der Waals surface area contributed by atoms with Gasteiger partial charge in [0.25, 0.3) is 0 Å². The zero-order valence-corrected chi connectivity index (χ0v) is 8.90. The average molecular weight is 212 g/mol. The molecule has 3 heteroatoms. The molecule has 0 bridgehead atoms. The van der Waals surface area contributed by atoms with E-state index in [2.05, 4.69) is 6.07 Å². The second-order valence-electron chi connectivity index (χ2n) is 2.67. The van der Waals surface area contributed by atoms with Crippen LogP contribution in [0.15, 0.2) is 24.3 Å². The van der Waals surface area contributed by atoms with E-state index in [1.807, 2.05) is 31.2 Å². The van der Waals surface area contributed by atoms with Crippen LogP contribution in [0, 0.1) is 11.3 Å². The van der Waals surface area contributed by atoms with Gasteiger partial charge >= 0.3 is 0 Å². The molecule has 1 unspecified atom stereocenters. The summed E-state index contributed by atoms with van der Waals surface area (Å²) in [7, 11) is 0. The minimum absolute atomic E-state index is 0.0243. The van der Waals surface area contributed by atoms with Crippen molar-refractivity contribution in [1.82, 2.24) is 0 Å². The van der Waals surface area contributed by atoms with Crippen LogP contribution in [-0.4, -0.2) is 5.25 Å². The van der Waals surface area contributed by atoms with Crippen LogP contribution in [0.5, 0.6) is 0 Å². The molecule has 0 heterocycles. The monoisotopic (exact) mass is 211 g/mol. The van der Waals surface area contributed by atoms with Crippen molar-refractivity contribution in [2.45, 2.75) is 17.9 Å². The van der Waals surface area contributed by atoms with Gasteiger partial charge in [-0.25, -0.2) is 0 Å². The highest BCUT2D eigenvalue weighted by molar-refractivity contribution is 7.99. The number of benzene rings is 1. The van der Waals surface area contributed by atoms with Crippen molar-refractivity contribution in [2.24, 2.45) is 0 Å². The first-order valence-electron chi connectivity index (χ1n) is 3.98. The Balaban J connectivity index is 2.56. The van der Waals surface area contributed by atoms with Crippen molar-refractivity contribution in [3.05, 3.63) is 34.9 Å². The fourth-order valence-electron chi connectivity index (χ4n) is 0.867. The summed E-state index contributed by atoms with van der Waals surface area (Å²) in [5.41, 5.74) is 1.09. The summed E-state index contributed by atoms with van der Waals surface area (Å²) < 4.78 is 0. The Morgan fingerprint density at radius 1 is 1.54 bits per heavy atom. The van der Waals surface area contributed by atoms with Gasteiger partial charge in [0.1, 0.15) is 0 Å². The molecule has 0 spiro atoms. The minimum atomic E-state index is 0.0243. The van der Waals surface area contributed by atoms with E-state index in [1.54, 1.807) is 11.8 Å². The molecule has 0 aliphatic rings. The Morgan fingerprint density at radius 3 is 2.85 bits per heavy atom. The van der Waals surface area contributed by atoms with Gasteiger partial charge in [0, 0.05) is 10.8 Å². The fraction of sp³-hybridized carbons (Fsp3) is 0.300. The minimum Gasteiger partial charge on any atom is -0.197 e. The van der Waals surface area contributed by atoms with Gasteiger partial charge in [0.15, 0.2) is 0 Å². The lowest BCUT2D eigenvalue weighted by Gasteiger charge is -2.04. The maximum atomic E-state index is 8.58. The van der Waals surface area contributed by atoms with E-state index in [-0.39, 0.29) is 5.25 Å². The number of nitriles is 1. The number of halogens is 1. The molecule has 68 valence electrons. The molecule has 0 saturated heterocycles. The lowest BCUT2D eigenvalue weighted by atomic mass is 10.2. The average Bonchev–Trinajstić information content (AvgIpc) is 2.16. The number of thioether (sulfide) groups is 1. The van der Waals surface area contributed by atoms with Gasteiger partial charge in [-0.1, -0.05) is 29.8 Å². The van der Waals surface area contributed by atoms with E-state index in [0.29, 0.717) is 0 Å². The molecule has 0 radical (unpaired) electrons. The van der Waals surface area contributed by atoms with Gasteiger partial charge in [0.2, 0.25) is 0 Å². The molecule has 0 saturated carbocycles. The molecular formula is C10H10ClNS. The maximum Gasteiger partial charge on any atom is 0.0891 e. The van der Waals surface area contributed by atoms with Crippen LogP contribution in [0.3, 0.4) is 0 Å². The molecule has 13 heavy (non-hydrogen) atoms. The van der Waals surface area contributed by atoms with Crippen LogP contribution in [0.1, 0.15) is 12.5 Å². The van der Waals surface area contributed by atoms with Gasteiger partial charge in [-0.3, -0.25) is 0 Å². The lowest BCUT2D eigenvalue weighted by Crippen LogP contribution is -1.91. The highest BCUT2D eigenvalue weighted by Gasteiger charge is 2.02. The quantitative estimate of drug-likeness (QED) is 0.765. The Morgan fingerprint density at radius 2 is 2.23 bits per heavy atom. The van der Waals surface area contributed by atoms with Crippen LogP contribution in [-0.2, 0) is 5.75 Å². The molecule has 1 aromatic rings. The van der Waals surface area contributed by atoms with Crippen molar-refractivity contribution in [1.29, 1.82) is 5.26 Å². The van der Waals surface area contributed by atoms with E-state index in [4.69, 9.17) is 16.9 Å². The first kappa shape index (κ1) is 10.4. The molecule has 0 fully saturated rings. The van der Waals surface area contributed by atoms with Gasteiger partial charge < -0.3 is 0 Å². The van der Waals surface area contributed by atoms with E-state index in [1.165, 1.54) is 0 Å². The second-order valence-corrected chi connectivity index (χ2v) is 4.41. The summed E-state index contributed by atoms with van der Waals surface area (Å²) >= 11 is 7.55. The first-order chi connectivity index (χ1) is 6.24. The number of hydrogen-bond acceptors (Lipinski definition) is 2. The Kier molecular flexibility index (Phi) is 4.14.